The van der Waals surface area contributed by atoms with Crippen LogP contribution in [0.25, 0.3) is 10.6 Å². The van der Waals surface area contributed by atoms with Gasteiger partial charge in [0.1, 0.15) is 11.0 Å². The highest BCUT2D eigenvalue weighted by Gasteiger charge is 2.27. The van der Waals surface area contributed by atoms with Crippen LogP contribution in [0.5, 0.6) is 0 Å². The second-order valence-electron chi connectivity index (χ2n) is 7.50. The summed E-state index contributed by atoms with van der Waals surface area (Å²) in [5, 5.41) is 17.9. The molecule has 1 aromatic heterocycles. The number of aromatic nitrogens is 2. The number of nitrogens with zero attached hydrogens (tertiary/aromatic N) is 2. The summed E-state index contributed by atoms with van der Waals surface area (Å²) in [5.41, 5.74) is 3.61. The molecular formula is C23H27N5O2S. The summed E-state index contributed by atoms with van der Waals surface area (Å²) in [7, 11) is 0. The fraction of sp³-hybridized carbons (Fsp3) is 0.304. The number of amides is 3. The smallest absolute Gasteiger partial charge is 0.319 e. The van der Waals surface area contributed by atoms with E-state index in [1.54, 1.807) is 0 Å². The molecule has 0 fully saturated rings. The van der Waals surface area contributed by atoms with Gasteiger partial charge in [-0.3, -0.25) is 10.1 Å². The van der Waals surface area contributed by atoms with Crippen molar-refractivity contribution < 1.29 is 9.59 Å². The Balaban J connectivity index is 1.70. The molecule has 7 nitrogen and oxygen atoms in total. The van der Waals surface area contributed by atoms with Crippen LogP contribution in [-0.2, 0) is 4.79 Å². The summed E-state index contributed by atoms with van der Waals surface area (Å²) in [6.45, 7) is 7.77. The largest absolute Gasteiger partial charge is 0.326 e. The summed E-state index contributed by atoms with van der Waals surface area (Å²) < 4.78 is 0. The van der Waals surface area contributed by atoms with Gasteiger partial charge in [-0.05, 0) is 30.9 Å². The summed E-state index contributed by atoms with van der Waals surface area (Å²) in [5.74, 6) is -0.382. The van der Waals surface area contributed by atoms with E-state index in [4.69, 9.17) is 0 Å². The van der Waals surface area contributed by atoms with Crippen LogP contribution in [0.2, 0.25) is 0 Å². The van der Waals surface area contributed by atoms with Gasteiger partial charge >= 0.3 is 6.03 Å². The van der Waals surface area contributed by atoms with Gasteiger partial charge in [-0.25, -0.2) is 4.79 Å². The molecule has 162 valence electrons. The number of rotatable bonds is 7. The number of benzene rings is 2. The lowest BCUT2D eigenvalue weighted by atomic mass is 9.98. The summed E-state index contributed by atoms with van der Waals surface area (Å²) >= 11 is 1.29. The molecule has 0 aliphatic rings. The second kappa shape index (κ2) is 10.2. The highest BCUT2D eigenvalue weighted by molar-refractivity contribution is 7.18. The van der Waals surface area contributed by atoms with E-state index in [1.807, 2.05) is 76.2 Å². The number of urea groups is 1. The second-order valence-corrected chi connectivity index (χ2v) is 8.47. The maximum Gasteiger partial charge on any atom is 0.319 e. The van der Waals surface area contributed by atoms with E-state index in [-0.39, 0.29) is 11.8 Å². The molecule has 2 atom stereocenters. The number of hydrogen-bond acceptors (Lipinski definition) is 5. The zero-order chi connectivity index (χ0) is 22.4. The average Bonchev–Trinajstić information content (AvgIpc) is 3.23. The Hall–Kier alpha value is -3.26. The SMILES string of the molecule is CCC(C)C(NC(=O)Nc1c(C)cccc1C)C(=O)Nc1nnc(-c2ccccc2)s1. The lowest BCUT2D eigenvalue weighted by Gasteiger charge is -2.23. The minimum atomic E-state index is -0.710. The number of anilines is 2. The maximum absolute atomic E-state index is 13.0. The van der Waals surface area contributed by atoms with Crippen LogP contribution in [0.15, 0.2) is 48.5 Å². The van der Waals surface area contributed by atoms with Gasteiger partial charge < -0.3 is 10.6 Å². The lowest BCUT2D eigenvalue weighted by molar-refractivity contribution is -0.119. The zero-order valence-corrected chi connectivity index (χ0v) is 18.9. The van der Waals surface area contributed by atoms with Gasteiger partial charge in [-0.1, -0.05) is 80.1 Å². The van der Waals surface area contributed by atoms with Gasteiger partial charge in [0.05, 0.1) is 0 Å². The van der Waals surface area contributed by atoms with Crippen molar-refractivity contribution in [2.45, 2.75) is 40.2 Å². The van der Waals surface area contributed by atoms with Crippen molar-refractivity contribution in [3.8, 4) is 10.6 Å². The quantitative estimate of drug-likeness (QED) is 0.485. The van der Waals surface area contributed by atoms with Crippen LogP contribution >= 0.6 is 11.3 Å². The molecule has 0 radical (unpaired) electrons. The van der Waals surface area contributed by atoms with Crippen molar-refractivity contribution in [3.63, 3.8) is 0 Å². The third-order valence-corrected chi connectivity index (χ3v) is 6.07. The molecular weight excluding hydrogens is 410 g/mol. The zero-order valence-electron chi connectivity index (χ0n) is 18.1. The number of nitrogens with one attached hydrogen (secondary N) is 3. The van der Waals surface area contributed by atoms with E-state index in [0.717, 1.165) is 33.8 Å². The van der Waals surface area contributed by atoms with E-state index in [0.29, 0.717) is 5.13 Å². The molecule has 8 heteroatoms. The van der Waals surface area contributed by atoms with Crippen LogP contribution in [0.1, 0.15) is 31.4 Å². The molecule has 3 N–H and O–H groups in total. The van der Waals surface area contributed by atoms with Crippen molar-refractivity contribution in [3.05, 3.63) is 59.7 Å². The molecule has 1 heterocycles. The van der Waals surface area contributed by atoms with Crippen molar-refractivity contribution in [2.75, 3.05) is 10.6 Å². The molecule has 0 spiro atoms. The molecule has 2 aromatic carbocycles. The first-order valence-electron chi connectivity index (χ1n) is 10.2. The summed E-state index contributed by atoms with van der Waals surface area (Å²) in [6.07, 6.45) is 0.729. The monoisotopic (exact) mass is 437 g/mol. The van der Waals surface area contributed by atoms with Crippen LogP contribution < -0.4 is 16.0 Å². The molecule has 3 amide bonds. The van der Waals surface area contributed by atoms with Crippen LogP contribution in [-0.4, -0.2) is 28.2 Å². The minimum absolute atomic E-state index is 0.0646. The molecule has 0 aliphatic heterocycles. The molecule has 2 unspecified atom stereocenters. The van der Waals surface area contributed by atoms with Gasteiger partial charge in [0, 0.05) is 11.3 Å². The van der Waals surface area contributed by atoms with E-state index in [1.165, 1.54) is 11.3 Å². The summed E-state index contributed by atoms with van der Waals surface area (Å²) in [4.78, 5) is 25.6. The standard InChI is InChI=1S/C23H27N5O2S/c1-5-14(2)19(25-22(30)24-18-15(3)10-9-11-16(18)4)20(29)26-23-28-27-21(31-23)17-12-7-6-8-13-17/h6-14,19H,5H2,1-4H3,(H2,24,25,30)(H,26,28,29). The number of carbonyl (C=O) groups is 2. The van der Waals surface area contributed by atoms with Gasteiger partial charge in [0.2, 0.25) is 11.0 Å². The Morgan fingerprint density at radius 3 is 2.29 bits per heavy atom. The fourth-order valence-corrected chi connectivity index (χ4v) is 3.91. The minimum Gasteiger partial charge on any atom is -0.326 e. The van der Waals surface area contributed by atoms with E-state index < -0.39 is 12.1 Å². The fourth-order valence-electron chi connectivity index (χ4n) is 3.16. The van der Waals surface area contributed by atoms with Gasteiger partial charge in [0.25, 0.3) is 0 Å². The highest BCUT2D eigenvalue weighted by Crippen LogP contribution is 2.26. The van der Waals surface area contributed by atoms with Crippen molar-refractivity contribution in [1.82, 2.24) is 15.5 Å². The Morgan fingerprint density at radius 2 is 1.65 bits per heavy atom. The first-order valence-corrected chi connectivity index (χ1v) is 11.0. The maximum atomic E-state index is 13.0. The molecule has 0 saturated carbocycles. The van der Waals surface area contributed by atoms with Crippen molar-refractivity contribution >= 4 is 34.1 Å². The van der Waals surface area contributed by atoms with E-state index in [9.17, 15) is 9.59 Å². The van der Waals surface area contributed by atoms with Crippen LogP contribution in [0.3, 0.4) is 0 Å². The van der Waals surface area contributed by atoms with Crippen LogP contribution in [0, 0.1) is 19.8 Å². The molecule has 0 aliphatic carbocycles. The molecule has 0 bridgehead atoms. The molecule has 3 rings (SSSR count). The number of hydrogen-bond donors (Lipinski definition) is 3. The first kappa shape index (κ1) is 22.4. The van der Waals surface area contributed by atoms with Crippen molar-refractivity contribution in [2.24, 2.45) is 5.92 Å². The van der Waals surface area contributed by atoms with Gasteiger partial charge in [-0.15, -0.1) is 10.2 Å². The normalized spacial score (nSPS) is 12.6. The summed E-state index contributed by atoms with van der Waals surface area (Å²) in [6, 6.07) is 14.3. The topological polar surface area (TPSA) is 96.0 Å². The third kappa shape index (κ3) is 5.67. The number of aryl methyl sites for hydroxylation is 2. The lowest BCUT2D eigenvalue weighted by Crippen LogP contribution is -2.49. The van der Waals surface area contributed by atoms with Gasteiger partial charge in [0.15, 0.2) is 0 Å². The Kier molecular flexibility index (Phi) is 7.36. The predicted molar refractivity (Wildman–Crippen MR) is 125 cm³/mol. The predicted octanol–water partition coefficient (Wildman–Crippen LogP) is 5.00. The Bertz CT molecular complexity index is 1030. The highest BCUT2D eigenvalue weighted by atomic mass is 32.1. The molecule has 3 aromatic rings. The first-order chi connectivity index (χ1) is 14.9. The molecule has 0 saturated heterocycles. The average molecular weight is 438 g/mol. The van der Waals surface area contributed by atoms with Gasteiger partial charge in [-0.2, -0.15) is 0 Å². The van der Waals surface area contributed by atoms with E-state index >= 15 is 0 Å². The van der Waals surface area contributed by atoms with E-state index in [2.05, 4.69) is 26.1 Å². The molecule has 31 heavy (non-hydrogen) atoms. The van der Waals surface area contributed by atoms with Crippen molar-refractivity contribution in [1.29, 1.82) is 0 Å². The number of para-hydroxylation sites is 1. The third-order valence-electron chi connectivity index (χ3n) is 5.18. The number of carbonyl (C=O) groups excluding carboxylic acids is 2. The Morgan fingerprint density at radius 1 is 0.968 bits per heavy atom. The van der Waals surface area contributed by atoms with Crippen LogP contribution in [0.4, 0.5) is 15.6 Å². The Labute approximate surface area is 186 Å².